The maximum absolute atomic E-state index is 4.48. The number of nitrogens with zero attached hydrogens (tertiary/aromatic N) is 2. The fourth-order valence-corrected chi connectivity index (χ4v) is 2.30. The van der Waals surface area contributed by atoms with Crippen LogP contribution in [0.25, 0.3) is 0 Å². The van der Waals surface area contributed by atoms with E-state index in [2.05, 4.69) is 34.4 Å². The van der Waals surface area contributed by atoms with E-state index in [0.29, 0.717) is 0 Å². The van der Waals surface area contributed by atoms with Crippen LogP contribution < -0.4 is 5.32 Å². The summed E-state index contributed by atoms with van der Waals surface area (Å²) in [6, 6.07) is 6.19. The van der Waals surface area contributed by atoms with Crippen molar-refractivity contribution in [3.63, 3.8) is 0 Å². The average molecular weight is 219 g/mol. The maximum atomic E-state index is 4.48. The van der Waals surface area contributed by atoms with Crippen LogP contribution in [0.4, 0.5) is 0 Å². The minimum atomic E-state index is 0.815. The molecule has 0 spiro atoms. The summed E-state index contributed by atoms with van der Waals surface area (Å²) >= 11 is 0. The Labute approximate surface area is 97.9 Å². The Hall–Kier alpha value is -0.930. The van der Waals surface area contributed by atoms with E-state index in [1.807, 2.05) is 13.0 Å². The predicted molar refractivity (Wildman–Crippen MR) is 66.3 cm³/mol. The van der Waals surface area contributed by atoms with Crippen LogP contribution in [0.2, 0.25) is 0 Å². The van der Waals surface area contributed by atoms with Gasteiger partial charge < -0.3 is 10.2 Å². The molecule has 1 aliphatic rings. The molecule has 88 valence electrons. The highest BCUT2D eigenvalue weighted by molar-refractivity contribution is 5.09. The van der Waals surface area contributed by atoms with Crippen molar-refractivity contribution < 1.29 is 0 Å². The summed E-state index contributed by atoms with van der Waals surface area (Å²) < 4.78 is 0. The monoisotopic (exact) mass is 219 g/mol. The van der Waals surface area contributed by atoms with Gasteiger partial charge in [-0.3, -0.25) is 4.98 Å². The molecule has 2 rings (SSSR count). The zero-order chi connectivity index (χ0) is 11.4. The van der Waals surface area contributed by atoms with E-state index in [-0.39, 0.29) is 0 Å². The van der Waals surface area contributed by atoms with Crippen LogP contribution in [0.1, 0.15) is 17.8 Å². The van der Waals surface area contributed by atoms with Gasteiger partial charge in [-0.2, -0.15) is 0 Å². The minimum Gasteiger partial charge on any atom is -0.311 e. The third-order valence-electron chi connectivity index (χ3n) is 3.17. The van der Waals surface area contributed by atoms with E-state index in [1.54, 1.807) is 0 Å². The molecule has 2 heterocycles. The van der Waals surface area contributed by atoms with Crippen molar-refractivity contribution in [1.29, 1.82) is 0 Å². The van der Waals surface area contributed by atoms with Gasteiger partial charge in [0.05, 0.1) is 5.69 Å². The van der Waals surface area contributed by atoms with Crippen LogP contribution in [-0.4, -0.2) is 36.6 Å². The van der Waals surface area contributed by atoms with Crippen LogP contribution in [0.5, 0.6) is 0 Å². The lowest BCUT2D eigenvalue weighted by Crippen LogP contribution is -2.25. The Bertz CT molecular complexity index is 338. The first kappa shape index (κ1) is 11.6. The van der Waals surface area contributed by atoms with Crippen molar-refractivity contribution in [3.8, 4) is 0 Å². The maximum Gasteiger partial charge on any atom is 0.0544 e. The van der Waals surface area contributed by atoms with Gasteiger partial charge in [-0.15, -0.1) is 0 Å². The van der Waals surface area contributed by atoms with Crippen LogP contribution in [-0.2, 0) is 6.54 Å². The third-order valence-corrected chi connectivity index (χ3v) is 3.17. The van der Waals surface area contributed by atoms with E-state index in [0.717, 1.165) is 30.4 Å². The lowest BCUT2D eigenvalue weighted by Gasteiger charge is -2.11. The second kappa shape index (κ2) is 5.41. The molecule has 1 atom stereocenters. The molecule has 0 amide bonds. The van der Waals surface area contributed by atoms with Gasteiger partial charge in [0.15, 0.2) is 0 Å². The van der Waals surface area contributed by atoms with E-state index < -0.39 is 0 Å². The summed E-state index contributed by atoms with van der Waals surface area (Å²) in [6.45, 7) is 6.51. The fourth-order valence-electron chi connectivity index (χ4n) is 2.30. The molecule has 1 aliphatic heterocycles. The number of rotatable bonds is 4. The molecule has 1 N–H and O–H groups in total. The number of aromatic nitrogens is 1. The summed E-state index contributed by atoms with van der Waals surface area (Å²) in [4.78, 5) is 6.88. The Balaban J connectivity index is 1.72. The SMILES string of the molecule is Cc1cccc(CNCC2CCN(C)C2)n1. The van der Waals surface area contributed by atoms with Gasteiger partial charge in [-0.25, -0.2) is 0 Å². The zero-order valence-corrected chi connectivity index (χ0v) is 10.2. The predicted octanol–water partition coefficient (Wildman–Crippen LogP) is 1.43. The van der Waals surface area contributed by atoms with Crippen molar-refractivity contribution in [3.05, 3.63) is 29.6 Å². The van der Waals surface area contributed by atoms with E-state index in [9.17, 15) is 0 Å². The summed E-state index contributed by atoms with van der Waals surface area (Å²) in [5.41, 5.74) is 2.24. The first-order valence-electron chi connectivity index (χ1n) is 6.06. The first-order chi connectivity index (χ1) is 7.74. The Morgan fingerprint density at radius 2 is 2.38 bits per heavy atom. The Morgan fingerprint density at radius 3 is 3.06 bits per heavy atom. The van der Waals surface area contributed by atoms with E-state index in [4.69, 9.17) is 0 Å². The lowest BCUT2D eigenvalue weighted by molar-refractivity contribution is 0.388. The van der Waals surface area contributed by atoms with Crippen molar-refractivity contribution >= 4 is 0 Å². The molecule has 0 aliphatic carbocycles. The van der Waals surface area contributed by atoms with Crippen molar-refractivity contribution in [2.75, 3.05) is 26.7 Å². The molecule has 0 aromatic carbocycles. The smallest absolute Gasteiger partial charge is 0.0544 e. The quantitative estimate of drug-likeness (QED) is 0.830. The van der Waals surface area contributed by atoms with Gasteiger partial charge in [-0.05, 0) is 51.5 Å². The zero-order valence-electron chi connectivity index (χ0n) is 10.2. The molecule has 16 heavy (non-hydrogen) atoms. The molecule has 3 heteroatoms. The Morgan fingerprint density at radius 1 is 1.50 bits per heavy atom. The molecular formula is C13H21N3. The van der Waals surface area contributed by atoms with E-state index >= 15 is 0 Å². The summed E-state index contributed by atoms with van der Waals surface area (Å²) in [5, 5.41) is 3.50. The molecule has 1 aromatic heterocycles. The molecule has 0 bridgehead atoms. The fraction of sp³-hybridized carbons (Fsp3) is 0.615. The lowest BCUT2D eigenvalue weighted by atomic mass is 10.1. The first-order valence-corrected chi connectivity index (χ1v) is 6.06. The summed E-state index contributed by atoms with van der Waals surface area (Å²) in [7, 11) is 2.20. The normalized spacial score (nSPS) is 21.5. The third kappa shape index (κ3) is 3.29. The number of likely N-dealkylation sites (tertiary alicyclic amines) is 1. The minimum absolute atomic E-state index is 0.815. The van der Waals surface area contributed by atoms with Gasteiger partial charge in [0.25, 0.3) is 0 Å². The average Bonchev–Trinajstić information content (AvgIpc) is 2.64. The number of nitrogens with one attached hydrogen (secondary N) is 1. The van der Waals surface area contributed by atoms with Gasteiger partial charge in [0.2, 0.25) is 0 Å². The highest BCUT2D eigenvalue weighted by Gasteiger charge is 2.18. The van der Waals surface area contributed by atoms with E-state index in [1.165, 1.54) is 19.5 Å². The standard InChI is InChI=1S/C13H21N3/c1-11-4-3-5-13(15-11)9-14-8-12-6-7-16(2)10-12/h3-5,12,14H,6-10H2,1-2H3. The number of pyridine rings is 1. The number of hydrogen-bond donors (Lipinski definition) is 1. The summed E-state index contributed by atoms with van der Waals surface area (Å²) in [5.74, 6) is 0.815. The van der Waals surface area contributed by atoms with Gasteiger partial charge in [0, 0.05) is 18.8 Å². The second-order valence-corrected chi connectivity index (χ2v) is 4.82. The largest absolute Gasteiger partial charge is 0.311 e. The molecule has 3 nitrogen and oxygen atoms in total. The second-order valence-electron chi connectivity index (χ2n) is 4.82. The van der Waals surface area contributed by atoms with Crippen molar-refractivity contribution in [2.45, 2.75) is 19.9 Å². The number of hydrogen-bond acceptors (Lipinski definition) is 3. The van der Waals surface area contributed by atoms with Crippen LogP contribution in [0.3, 0.4) is 0 Å². The van der Waals surface area contributed by atoms with Gasteiger partial charge in [0.1, 0.15) is 0 Å². The Kier molecular flexibility index (Phi) is 3.91. The van der Waals surface area contributed by atoms with Gasteiger partial charge >= 0.3 is 0 Å². The van der Waals surface area contributed by atoms with Crippen molar-refractivity contribution in [1.82, 2.24) is 15.2 Å². The van der Waals surface area contributed by atoms with Crippen LogP contribution in [0.15, 0.2) is 18.2 Å². The molecule has 0 saturated carbocycles. The van der Waals surface area contributed by atoms with Crippen molar-refractivity contribution in [2.24, 2.45) is 5.92 Å². The van der Waals surface area contributed by atoms with Crippen LogP contribution in [0, 0.1) is 12.8 Å². The highest BCUT2D eigenvalue weighted by atomic mass is 15.1. The highest BCUT2D eigenvalue weighted by Crippen LogP contribution is 2.12. The molecular weight excluding hydrogens is 198 g/mol. The number of aryl methyl sites for hydroxylation is 1. The van der Waals surface area contributed by atoms with Crippen LogP contribution >= 0.6 is 0 Å². The molecule has 0 radical (unpaired) electrons. The van der Waals surface area contributed by atoms with Gasteiger partial charge in [-0.1, -0.05) is 6.07 Å². The summed E-state index contributed by atoms with van der Waals surface area (Å²) in [6.07, 6.45) is 1.32. The molecule has 1 saturated heterocycles. The molecule has 1 aromatic rings. The molecule has 1 unspecified atom stereocenters. The molecule has 1 fully saturated rings. The topological polar surface area (TPSA) is 28.2 Å².